The molecular weight excluding hydrogens is 186 g/mol. The van der Waals surface area contributed by atoms with Crippen LogP contribution in [-0.2, 0) is 0 Å². The molecule has 0 spiro atoms. The average molecular weight is 201 g/mol. The molecule has 0 aliphatic rings. The molecule has 0 aromatic heterocycles. The Hall–Kier alpha value is -1.75. The van der Waals surface area contributed by atoms with Crippen molar-refractivity contribution >= 4 is 6.08 Å². The summed E-state index contributed by atoms with van der Waals surface area (Å²) in [4.78, 5) is 0. The van der Waals surface area contributed by atoms with Gasteiger partial charge in [-0.15, -0.1) is 0 Å². The number of para-hydroxylation sites is 1. The van der Waals surface area contributed by atoms with E-state index in [2.05, 4.69) is 6.92 Å². The second kappa shape index (κ2) is 6.67. The minimum atomic E-state index is 0.730. The van der Waals surface area contributed by atoms with Crippen molar-refractivity contribution in [3.05, 3.63) is 35.9 Å². The van der Waals surface area contributed by atoms with Gasteiger partial charge in [-0.1, -0.05) is 31.5 Å². The quantitative estimate of drug-likeness (QED) is 0.540. The van der Waals surface area contributed by atoms with Crippen LogP contribution in [0.5, 0.6) is 5.75 Å². The second-order valence-electron chi connectivity index (χ2n) is 3.20. The van der Waals surface area contributed by atoms with Gasteiger partial charge in [0.25, 0.3) is 0 Å². The van der Waals surface area contributed by atoms with Gasteiger partial charge < -0.3 is 4.74 Å². The minimum Gasteiger partial charge on any atom is -0.493 e. The van der Waals surface area contributed by atoms with Gasteiger partial charge in [-0.25, -0.2) is 0 Å². The summed E-state index contributed by atoms with van der Waals surface area (Å²) in [6, 6.07) is 9.71. The van der Waals surface area contributed by atoms with Crippen molar-refractivity contribution in [1.29, 1.82) is 5.26 Å². The Morgan fingerprint density at radius 2 is 2.20 bits per heavy atom. The first-order chi connectivity index (χ1) is 7.38. The Kier molecular flexibility index (Phi) is 5.03. The number of ether oxygens (including phenoxy) is 1. The summed E-state index contributed by atoms with van der Waals surface area (Å²) in [7, 11) is 0. The van der Waals surface area contributed by atoms with Crippen molar-refractivity contribution < 1.29 is 4.74 Å². The first-order valence-corrected chi connectivity index (χ1v) is 5.16. The molecule has 1 aromatic carbocycles. The van der Waals surface area contributed by atoms with Crippen molar-refractivity contribution in [3.8, 4) is 11.8 Å². The summed E-state index contributed by atoms with van der Waals surface area (Å²) >= 11 is 0. The van der Waals surface area contributed by atoms with E-state index in [0.29, 0.717) is 0 Å². The largest absolute Gasteiger partial charge is 0.493 e. The number of benzene rings is 1. The summed E-state index contributed by atoms with van der Waals surface area (Å²) in [5.41, 5.74) is 0.954. The number of allylic oxidation sites excluding steroid dienone is 1. The third kappa shape index (κ3) is 3.86. The molecule has 0 bridgehead atoms. The molecule has 0 amide bonds. The smallest absolute Gasteiger partial charge is 0.126 e. The fourth-order valence-corrected chi connectivity index (χ4v) is 1.20. The molecular formula is C13H15NO. The van der Waals surface area contributed by atoms with Crippen LogP contribution in [0.15, 0.2) is 30.3 Å². The summed E-state index contributed by atoms with van der Waals surface area (Å²) in [5, 5.41) is 8.45. The van der Waals surface area contributed by atoms with Crippen LogP contribution < -0.4 is 4.74 Å². The summed E-state index contributed by atoms with van der Waals surface area (Å²) in [6.45, 7) is 2.86. The van der Waals surface area contributed by atoms with E-state index in [0.717, 1.165) is 30.8 Å². The first-order valence-electron chi connectivity index (χ1n) is 5.16. The number of rotatable bonds is 5. The molecule has 0 fully saturated rings. The highest BCUT2D eigenvalue weighted by atomic mass is 16.5. The number of nitriles is 1. The molecule has 2 heteroatoms. The highest BCUT2D eigenvalue weighted by molar-refractivity contribution is 5.58. The Balaban J connectivity index is 2.69. The van der Waals surface area contributed by atoms with Crippen LogP contribution in [0.4, 0.5) is 0 Å². The molecule has 0 aliphatic carbocycles. The number of hydrogen-bond acceptors (Lipinski definition) is 2. The molecule has 78 valence electrons. The van der Waals surface area contributed by atoms with Crippen LogP contribution in [0, 0.1) is 11.3 Å². The molecule has 0 heterocycles. The monoisotopic (exact) mass is 201 g/mol. The van der Waals surface area contributed by atoms with Crippen molar-refractivity contribution in [2.24, 2.45) is 0 Å². The van der Waals surface area contributed by atoms with Gasteiger partial charge in [0.2, 0.25) is 0 Å². The fourth-order valence-electron chi connectivity index (χ4n) is 1.20. The lowest BCUT2D eigenvalue weighted by Gasteiger charge is -2.07. The summed E-state index contributed by atoms with van der Waals surface area (Å²) < 4.78 is 5.61. The zero-order valence-electron chi connectivity index (χ0n) is 8.94. The van der Waals surface area contributed by atoms with Gasteiger partial charge in [0.1, 0.15) is 5.75 Å². The van der Waals surface area contributed by atoms with Crippen LogP contribution >= 0.6 is 0 Å². The van der Waals surface area contributed by atoms with E-state index in [1.807, 2.05) is 30.3 Å². The van der Waals surface area contributed by atoms with Gasteiger partial charge in [0.15, 0.2) is 0 Å². The standard InChI is InChI=1S/C13H15NO/c1-2-3-11-15-13-9-5-4-7-12(13)8-6-10-14/h4-9H,2-3,11H2,1H3/b8-6+. The van der Waals surface area contributed by atoms with Gasteiger partial charge >= 0.3 is 0 Å². The predicted molar refractivity (Wildman–Crippen MR) is 61.5 cm³/mol. The molecule has 1 aromatic rings. The average Bonchev–Trinajstić information content (AvgIpc) is 2.28. The topological polar surface area (TPSA) is 33.0 Å². The van der Waals surface area contributed by atoms with Gasteiger partial charge in [-0.2, -0.15) is 5.26 Å². The SMILES string of the molecule is CCCCOc1ccccc1/C=C/C#N. The Morgan fingerprint density at radius 1 is 1.40 bits per heavy atom. The molecule has 15 heavy (non-hydrogen) atoms. The Bertz CT molecular complexity index is 363. The lowest BCUT2D eigenvalue weighted by molar-refractivity contribution is 0.309. The third-order valence-corrected chi connectivity index (χ3v) is 2.01. The number of unbranched alkanes of at least 4 members (excludes halogenated alkanes) is 1. The minimum absolute atomic E-state index is 0.730. The normalized spacial score (nSPS) is 10.1. The van der Waals surface area contributed by atoms with Crippen molar-refractivity contribution in [1.82, 2.24) is 0 Å². The maximum absolute atomic E-state index is 8.45. The summed E-state index contributed by atoms with van der Waals surface area (Å²) in [6.07, 6.45) is 5.40. The fraction of sp³-hybridized carbons (Fsp3) is 0.308. The number of nitrogens with zero attached hydrogens (tertiary/aromatic N) is 1. The molecule has 0 saturated heterocycles. The van der Waals surface area contributed by atoms with Crippen LogP contribution in [0.1, 0.15) is 25.3 Å². The lowest BCUT2D eigenvalue weighted by Crippen LogP contribution is -1.97. The number of hydrogen-bond donors (Lipinski definition) is 0. The zero-order chi connectivity index (χ0) is 10.9. The molecule has 0 N–H and O–H groups in total. The van der Waals surface area contributed by atoms with E-state index < -0.39 is 0 Å². The Morgan fingerprint density at radius 3 is 2.93 bits per heavy atom. The molecule has 0 unspecified atom stereocenters. The van der Waals surface area contributed by atoms with E-state index in [-0.39, 0.29) is 0 Å². The van der Waals surface area contributed by atoms with E-state index in [4.69, 9.17) is 10.00 Å². The highest BCUT2D eigenvalue weighted by Crippen LogP contribution is 2.19. The highest BCUT2D eigenvalue weighted by Gasteiger charge is 1.98. The zero-order valence-corrected chi connectivity index (χ0v) is 8.94. The van der Waals surface area contributed by atoms with Crippen LogP contribution in [0.25, 0.3) is 6.08 Å². The second-order valence-corrected chi connectivity index (χ2v) is 3.20. The van der Waals surface area contributed by atoms with E-state index in [1.54, 1.807) is 6.08 Å². The van der Waals surface area contributed by atoms with E-state index in [1.165, 1.54) is 6.08 Å². The molecule has 2 nitrogen and oxygen atoms in total. The van der Waals surface area contributed by atoms with Crippen LogP contribution in [0.2, 0.25) is 0 Å². The Labute approximate surface area is 90.8 Å². The molecule has 1 rings (SSSR count). The molecule has 0 saturated carbocycles. The van der Waals surface area contributed by atoms with Gasteiger partial charge in [-0.05, 0) is 18.6 Å². The maximum Gasteiger partial charge on any atom is 0.126 e. The van der Waals surface area contributed by atoms with E-state index in [9.17, 15) is 0 Å². The van der Waals surface area contributed by atoms with Crippen LogP contribution in [0.3, 0.4) is 0 Å². The predicted octanol–water partition coefficient (Wildman–Crippen LogP) is 3.40. The van der Waals surface area contributed by atoms with Crippen LogP contribution in [-0.4, -0.2) is 6.61 Å². The van der Waals surface area contributed by atoms with Gasteiger partial charge in [0, 0.05) is 11.6 Å². The van der Waals surface area contributed by atoms with Gasteiger partial charge in [-0.3, -0.25) is 0 Å². The summed E-state index contributed by atoms with van der Waals surface area (Å²) in [5.74, 6) is 0.845. The van der Waals surface area contributed by atoms with Crippen molar-refractivity contribution in [2.45, 2.75) is 19.8 Å². The first kappa shape index (κ1) is 11.3. The maximum atomic E-state index is 8.45. The lowest BCUT2D eigenvalue weighted by atomic mass is 10.2. The van der Waals surface area contributed by atoms with E-state index >= 15 is 0 Å². The molecule has 0 aliphatic heterocycles. The van der Waals surface area contributed by atoms with Crippen molar-refractivity contribution in [3.63, 3.8) is 0 Å². The van der Waals surface area contributed by atoms with Crippen molar-refractivity contribution in [2.75, 3.05) is 6.61 Å². The third-order valence-electron chi connectivity index (χ3n) is 2.01. The molecule has 0 atom stereocenters. The molecule has 0 radical (unpaired) electrons. The van der Waals surface area contributed by atoms with Gasteiger partial charge in [0.05, 0.1) is 12.7 Å².